The second-order valence-electron chi connectivity index (χ2n) is 7.61. The molecule has 2 amide bonds. The monoisotopic (exact) mass is 382 g/mol. The lowest BCUT2D eigenvalue weighted by molar-refractivity contribution is -0.133. The van der Waals surface area contributed by atoms with Gasteiger partial charge in [0.2, 0.25) is 5.91 Å². The van der Waals surface area contributed by atoms with Gasteiger partial charge in [0.1, 0.15) is 12.7 Å². The van der Waals surface area contributed by atoms with Crippen molar-refractivity contribution >= 4 is 11.8 Å². The molecular formula is C20H26N6O2. The molecule has 2 aromatic rings. The van der Waals surface area contributed by atoms with Crippen LogP contribution in [-0.4, -0.2) is 67.5 Å². The first-order chi connectivity index (χ1) is 13.7. The highest BCUT2D eigenvalue weighted by molar-refractivity contribution is 5.94. The Hall–Kier alpha value is -2.77. The Morgan fingerprint density at radius 2 is 1.79 bits per heavy atom. The van der Waals surface area contributed by atoms with Gasteiger partial charge in [-0.25, -0.2) is 14.6 Å². The van der Waals surface area contributed by atoms with Crippen molar-refractivity contribution in [1.82, 2.24) is 29.5 Å². The zero-order chi connectivity index (χ0) is 19.3. The lowest BCUT2D eigenvalue weighted by Gasteiger charge is -2.35. The maximum atomic E-state index is 12.7. The van der Waals surface area contributed by atoms with Crippen LogP contribution in [0.25, 0.3) is 5.82 Å². The number of hydrogen-bond donors (Lipinski definition) is 0. The fraction of sp³-hybridized carbons (Fsp3) is 0.550. The van der Waals surface area contributed by atoms with Crippen LogP contribution in [-0.2, 0) is 4.79 Å². The summed E-state index contributed by atoms with van der Waals surface area (Å²) in [5.41, 5.74) is 0.546. The van der Waals surface area contributed by atoms with Crippen LogP contribution in [0.3, 0.4) is 0 Å². The topological polar surface area (TPSA) is 84.2 Å². The molecule has 2 aromatic heterocycles. The van der Waals surface area contributed by atoms with E-state index < -0.39 is 0 Å². The summed E-state index contributed by atoms with van der Waals surface area (Å²) in [5.74, 6) is 1.54. The van der Waals surface area contributed by atoms with E-state index in [0.717, 1.165) is 12.3 Å². The molecule has 8 nitrogen and oxygen atoms in total. The number of carbonyl (C=O) groups is 2. The fourth-order valence-corrected chi connectivity index (χ4v) is 4.10. The highest BCUT2D eigenvalue weighted by Gasteiger charge is 2.25. The summed E-state index contributed by atoms with van der Waals surface area (Å²) in [6.07, 6.45) is 11.4. The largest absolute Gasteiger partial charge is 0.339 e. The number of amides is 2. The van der Waals surface area contributed by atoms with Crippen molar-refractivity contribution in [2.24, 2.45) is 5.92 Å². The van der Waals surface area contributed by atoms with E-state index in [1.165, 1.54) is 32.0 Å². The van der Waals surface area contributed by atoms with Gasteiger partial charge in [0, 0.05) is 38.8 Å². The van der Waals surface area contributed by atoms with Crippen LogP contribution in [0.5, 0.6) is 0 Å². The molecule has 8 heteroatoms. The van der Waals surface area contributed by atoms with Gasteiger partial charge < -0.3 is 9.80 Å². The number of rotatable bonds is 5. The molecule has 0 radical (unpaired) electrons. The Bertz CT molecular complexity index is 791. The molecule has 28 heavy (non-hydrogen) atoms. The molecule has 1 aliphatic heterocycles. The van der Waals surface area contributed by atoms with Gasteiger partial charge >= 0.3 is 0 Å². The number of pyridine rings is 1. The lowest BCUT2D eigenvalue weighted by atomic mass is 10.0. The molecule has 0 aromatic carbocycles. The van der Waals surface area contributed by atoms with Crippen LogP contribution in [0, 0.1) is 5.92 Å². The van der Waals surface area contributed by atoms with E-state index in [1.54, 1.807) is 34.2 Å². The van der Waals surface area contributed by atoms with Crippen LogP contribution in [0.1, 0.15) is 48.9 Å². The van der Waals surface area contributed by atoms with Gasteiger partial charge in [0.25, 0.3) is 5.91 Å². The first-order valence-electron chi connectivity index (χ1n) is 10.1. The van der Waals surface area contributed by atoms with Crippen molar-refractivity contribution in [3.8, 4) is 5.82 Å². The van der Waals surface area contributed by atoms with E-state index >= 15 is 0 Å². The third-order valence-electron chi connectivity index (χ3n) is 5.81. The van der Waals surface area contributed by atoms with E-state index in [-0.39, 0.29) is 11.8 Å². The normalized spacial score (nSPS) is 17.9. The number of aromatic nitrogens is 4. The molecule has 3 heterocycles. The second kappa shape index (κ2) is 8.50. The highest BCUT2D eigenvalue weighted by atomic mass is 16.2. The molecule has 0 atom stereocenters. The second-order valence-corrected chi connectivity index (χ2v) is 7.61. The number of carbonyl (C=O) groups excluding carboxylic acids is 2. The molecule has 0 unspecified atom stereocenters. The van der Waals surface area contributed by atoms with Crippen molar-refractivity contribution < 1.29 is 9.59 Å². The summed E-state index contributed by atoms with van der Waals surface area (Å²) < 4.78 is 1.55. The first kappa shape index (κ1) is 18.6. The third-order valence-corrected chi connectivity index (χ3v) is 5.81. The summed E-state index contributed by atoms with van der Waals surface area (Å²) in [7, 11) is 0. The van der Waals surface area contributed by atoms with Gasteiger partial charge in [-0.05, 0) is 24.5 Å². The molecule has 148 valence electrons. The minimum absolute atomic E-state index is 0.0457. The van der Waals surface area contributed by atoms with E-state index in [2.05, 4.69) is 15.1 Å². The van der Waals surface area contributed by atoms with E-state index in [0.29, 0.717) is 44.0 Å². The molecule has 4 rings (SSSR count). The Morgan fingerprint density at radius 3 is 2.43 bits per heavy atom. The number of nitrogens with zero attached hydrogens (tertiary/aromatic N) is 6. The van der Waals surface area contributed by atoms with Gasteiger partial charge in [-0.2, -0.15) is 5.10 Å². The van der Waals surface area contributed by atoms with E-state index in [1.807, 2.05) is 4.90 Å². The first-order valence-corrected chi connectivity index (χ1v) is 10.1. The van der Waals surface area contributed by atoms with Crippen molar-refractivity contribution in [3.05, 3.63) is 36.5 Å². The van der Waals surface area contributed by atoms with Gasteiger partial charge in [-0.3, -0.25) is 9.59 Å². The Labute approximate surface area is 164 Å². The average Bonchev–Trinajstić information content (AvgIpc) is 3.46. The summed E-state index contributed by atoms with van der Waals surface area (Å²) >= 11 is 0. The van der Waals surface area contributed by atoms with Crippen LogP contribution < -0.4 is 0 Å². The summed E-state index contributed by atoms with van der Waals surface area (Å²) in [4.78, 5) is 37.1. The Kier molecular flexibility index (Phi) is 5.64. The molecule has 1 saturated carbocycles. The summed E-state index contributed by atoms with van der Waals surface area (Å²) in [5, 5.41) is 4.03. The molecule has 2 aliphatic rings. The third kappa shape index (κ3) is 4.21. The maximum absolute atomic E-state index is 12.7. The standard InChI is InChI=1S/C20H26N6O2/c27-19(8-5-16-3-1-2-4-16)24-9-11-25(12-10-24)20(28)17-6-7-18(22-13-17)26-15-21-14-23-26/h6-7,13-16H,1-5,8-12H2. The van der Waals surface area contributed by atoms with Gasteiger partial charge in [0.15, 0.2) is 5.82 Å². The minimum Gasteiger partial charge on any atom is -0.339 e. The number of piperazine rings is 1. The van der Waals surface area contributed by atoms with Crippen molar-refractivity contribution in [2.45, 2.75) is 38.5 Å². The molecule has 2 fully saturated rings. The van der Waals surface area contributed by atoms with E-state index in [9.17, 15) is 9.59 Å². The average molecular weight is 382 g/mol. The summed E-state index contributed by atoms with van der Waals surface area (Å²) in [6, 6.07) is 3.51. The zero-order valence-corrected chi connectivity index (χ0v) is 16.0. The Morgan fingerprint density at radius 1 is 1.04 bits per heavy atom. The summed E-state index contributed by atoms with van der Waals surface area (Å²) in [6.45, 7) is 2.36. The van der Waals surface area contributed by atoms with Crippen LogP contribution in [0.4, 0.5) is 0 Å². The van der Waals surface area contributed by atoms with Gasteiger partial charge in [-0.1, -0.05) is 25.7 Å². The van der Waals surface area contributed by atoms with Crippen molar-refractivity contribution in [2.75, 3.05) is 26.2 Å². The van der Waals surface area contributed by atoms with E-state index in [4.69, 9.17) is 0 Å². The van der Waals surface area contributed by atoms with Crippen molar-refractivity contribution in [1.29, 1.82) is 0 Å². The fourth-order valence-electron chi connectivity index (χ4n) is 4.10. The molecular weight excluding hydrogens is 356 g/mol. The molecule has 1 aliphatic carbocycles. The smallest absolute Gasteiger partial charge is 0.255 e. The SMILES string of the molecule is O=C(CCC1CCCC1)N1CCN(C(=O)c2ccc(-n3cncn3)nc2)CC1. The molecule has 0 N–H and O–H groups in total. The zero-order valence-electron chi connectivity index (χ0n) is 16.0. The van der Waals surface area contributed by atoms with Crippen LogP contribution in [0.2, 0.25) is 0 Å². The minimum atomic E-state index is -0.0457. The Balaban J connectivity index is 1.27. The van der Waals surface area contributed by atoms with Crippen LogP contribution >= 0.6 is 0 Å². The predicted molar refractivity (Wildman–Crippen MR) is 103 cm³/mol. The highest BCUT2D eigenvalue weighted by Crippen LogP contribution is 2.28. The molecule has 0 spiro atoms. The lowest BCUT2D eigenvalue weighted by Crippen LogP contribution is -2.50. The van der Waals surface area contributed by atoms with Crippen LogP contribution in [0.15, 0.2) is 31.0 Å². The molecule has 0 bridgehead atoms. The maximum Gasteiger partial charge on any atom is 0.255 e. The molecule has 1 saturated heterocycles. The number of hydrogen-bond acceptors (Lipinski definition) is 5. The van der Waals surface area contributed by atoms with Gasteiger partial charge in [-0.15, -0.1) is 0 Å². The van der Waals surface area contributed by atoms with Crippen molar-refractivity contribution in [3.63, 3.8) is 0 Å². The van der Waals surface area contributed by atoms with Gasteiger partial charge in [0.05, 0.1) is 5.56 Å². The predicted octanol–water partition coefficient (Wildman–Crippen LogP) is 1.92. The quantitative estimate of drug-likeness (QED) is 0.789.